The van der Waals surface area contributed by atoms with Gasteiger partial charge >= 0.3 is 0 Å². The van der Waals surface area contributed by atoms with Gasteiger partial charge in [-0.05, 0) is 56.0 Å². The molecule has 1 aliphatic heterocycles. The number of sulfonamides is 1. The van der Waals surface area contributed by atoms with Crippen LogP contribution in [0.5, 0.6) is 5.75 Å². The van der Waals surface area contributed by atoms with Crippen molar-refractivity contribution in [2.24, 2.45) is 0 Å². The Labute approximate surface area is 163 Å². The number of fused-ring (bicyclic) bond motifs is 3. The van der Waals surface area contributed by atoms with Gasteiger partial charge in [0.05, 0.1) is 18.2 Å². The minimum absolute atomic E-state index is 0.00551. The molecule has 4 rings (SSSR count). The molecule has 1 aliphatic rings. The number of pyridine rings is 1. The maximum Gasteiger partial charge on any atom is 0.268 e. The summed E-state index contributed by atoms with van der Waals surface area (Å²) in [7, 11) is -2.30. The van der Waals surface area contributed by atoms with Crippen molar-refractivity contribution in [3.05, 3.63) is 54.2 Å². The molecule has 6 nitrogen and oxygen atoms in total. The average Bonchev–Trinajstić information content (AvgIpc) is 2.89. The highest BCUT2D eigenvalue weighted by Gasteiger charge is 2.44. The average molecular weight is 396 g/mol. The molecule has 2 aromatic carbocycles. The summed E-state index contributed by atoms with van der Waals surface area (Å²) in [5.74, 6) is 0.217. The number of methoxy groups -OCH3 is 1. The van der Waals surface area contributed by atoms with E-state index in [1.54, 1.807) is 46.2 Å². The quantitative estimate of drug-likeness (QED) is 0.617. The van der Waals surface area contributed by atoms with Gasteiger partial charge in [0.2, 0.25) is 0 Å². The van der Waals surface area contributed by atoms with E-state index in [1.165, 1.54) is 6.08 Å². The number of hydrogen-bond donors (Lipinski definition) is 0. The van der Waals surface area contributed by atoms with Crippen molar-refractivity contribution in [3.8, 4) is 5.75 Å². The van der Waals surface area contributed by atoms with Crippen LogP contribution in [-0.4, -0.2) is 36.3 Å². The molecular formula is C21H20N2O4S. The molecule has 0 radical (unpaired) electrons. The van der Waals surface area contributed by atoms with Crippen molar-refractivity contribution >= 4 is 42.5 Å². The largest absolute Gasteiger partial charge is 0.497 e. The minimum Gasteiger partial charge on any atom is -0.497 e. The molecule has 7 heteroatoms. The first-order chi connectivity index (χ1) is 13.1. The molecule has 3 aromatic rings. The molecular weight excluding hydrogens is 376 g/mol. The summed E-state index contributed by atoms with van der Waals surface area (Å²) in [6.45, 7) is 5.09. The van der Waals surface area contributed by atoms with E-state index in [0.717, 1.165) is 26.2 Å². The lowest BCUT2D eigenvalue weighted by molar-refractivity contribution is -0.123. The summed E-state index contributed by atoms with van der Waals surface area (Å²) in [5, 5.41) is 2.83. The predicted molar refractivity (Wildman–Crippen MR) is 109 cm³/mol. The van der Waals surface area contributed by atoms with Crippen LogP contribution in [0.25, 0.3) is 26.6 Å². The Morgan fingerprint density at radius 3 is 2.39 bits per heavy atom. The molecule has 144 valence electrons. The Bertz CT molecular complexity index is 1270. The maximum absolute atomic E-state index is 13.0. The third-order valence-electron chi connectivity index (χ3n) is 4.76. The van der Waals surface area contributed by atoms with Crippen LogP contribution >= 0.6 is 0 Å². The van der Waals surface area contributed by atoms with E-state index < -0.39 is 21.5 Å². The summed E-state index contributed by atoms with van der Waals surface area (Å²) in [5.41, 5.74) is 0.277. The second kappa shape index (κ2) is 6.04. The lowest BCUT2D eigenvalue weighted by Crippen LogP contribution is -2.45. The Morgan fingerprint density at radius 1 is 1.04 bits per heavy atom. The van der Waals surface area contributed by atoms with Crippen LogP contribution in [0.3, 0.4) is 0 Å². The number of carbonyl (C=O) groups excluding carboxylic acids is 1. The van der Waals surface area contributed by atoms with Crippen LogP contribution in [0.15, 0.2) is 48.7 Å². The fourth-order valence-electron chi connectivity index (χ4n) is 3.56. The predicted octanol–water partition coefficient (Wildman–Crippen LogP) is 3.71. The number of nitrogens with zero attached hydrogens (tertiary/aromatic N) is 2. The Kier molecular flexibility index (Phi) is 3.97. The van der Waals surface area contributed by atoms with Gasteiger partial charge in [0.1, 0.15) is 10.7 Å². The van der Waals surface area contributed by atoms with E-state index in [1.807, 2.05) is 24.3 Å². The molecule has 0 N–H and O–H groups in total. The van der Waals surface area contributed by atoms with E-state index in [2.05, 4.69) is 4.98 Å². The fraction of sp³-hybridized carbons (Fsp3) is 0.238. The Balaban J connectivity index is 1.86. The zero-order valence-electron chi connectivity index (χ0n) is 16.1. The smallest absolute Gasteiger partial charge is 0.268 e. The van der Waals surface area contributed by atoms with Gasteiger partial charge in [0, 0.05) is 23.0 Å². The number of hydrogen-bond acceptors (Lipinski definition) is 5. The second-order valence-electron chi connectivity index (χ2n) is 7.73. The van der Waals surface area contributed by atoms with Crippen molar-refractivity contribution in [1.29, 1.82) is 0 Å². The van der Waals surface area contributed by atoms with E-state index in [4.69, 9.17) is 4.74 Å². The maximum atomic E-state index is 13.0. The van der Waals surface area contributed by atoms with E-state index in [0.29, 0.717) is 11.1 Å². The lowest BCUT2D eigenvalue weighted by atomic mass is 10.0. The van der Waals surface area contributed by atoms with Gasteiger partial charge in [-0.3, -0.25) is 9.78 Å². The summed E-state index contributed by atoms with van der Waals surface area (Å²) >= 11 is 0. The van der Waals surface area contributed by atoms with Gasteiger partial charge in [0.15, 0.2) is 0 Å². The van der Waals surface area contributed by atoms with Crippen molar-refractivity contribution < 1.29 is 17.9 Å². The van der Waals surface area contributed by atoms with E-state index in [9.17, 15) is 13.2 Å². The third-order valence-corrected chi connectivity index (χ3v) is 6.87. The topological polar surface area (TPSA) is 76.6 Å². The zero-order chi connectivity index (χ0) is 20.3. The number of benzene rings is 2. The van der Waals surface area contributed by atoms with Crippen LogP contribution in [-0.2, 0) is 14.8 Å². The summed E-state index contributed by atoms with van der Waals surface area (Å²) in [6.07, 6.45) is 2.92. The van der Waals surface area contributed by atoms with Crippen LogP contribution in [0.2, 0.25) is 0 Å². The Morgan fingerprint density at radius 2 is 1.75 bits per heavy atom. The lowest BCUT2D eigenvalue weighted by Gasteiger charge is -2.30. The van der Waals surface area contributed by atoms with E-state index in [-0.39, 0.29) is 4.91 Å². The first kappa shape index (κ1) is 18.4. The number of ether oxygens (including phenoxy) is 1. The van der Waals surface area contributed by atoms with Gasteiger partial charge < -0.3 is 4.74 Å². The molecule has 0 aliphatic carbocycles. The highest BCUT2D eigenvalue weighted by Crippen LogP contribution is 2.37. The molecule has 1 amide bonds. The molecule has 0 unspecified atom stereocenters. The highest BCUT2D eigenvalue weighted by atomic mass is 32.2. The summed E-state index contributed by atoms with van der Waals surface area (Å²) in [6, 6.07) is 11.0. The van der Waals surface area contributed by atoms with Crippen molar-refractivity contribution in [2.45, 2.75) is 26.3 Å². The number of amides is 1. The van der Waals surface area contributed by atoms with Crippen molar-refractivity contribution in [1.82, 2.24) is 9.29 Å². The van der Waals surface area contributed by atoms with Crippen molar-refractivity contribution in [3.63, 3.8) is 0 Å². The number of aromatic nitrogens is 1. The first-order valence-corrected chi connectivity index (χ1v) is 10.2. The van der Waals surface area contributed by atoms with Crippen molar-refractivity contribution in [2.75, 3.05) is 7.11 Å². The van der Waals surface area contributed by atoms with Crippen LogP contribution < -0.4 is 4.74 Å². The highest BCUT2D eigenvalue weighted by molar-refractivity contribution is 7.99. The van der Waals surface area contributed by atoms with Gasteiger partial charge in [0.25, 0.3) is 15.9 Å². The standard InChI is InChI=1S/C21H20N2O4S/c1-21(2,3)23-20(24)11-19(28(23,25)26)13-5-7-17-16-8-6-15(27-4)9-14(16)12-22-18(17)10-13/h5-12H,1-4H3. The minimum atomic E-state index is -3.91. The normalized spacial score (nSPS) is 16.6. The number of rotatable bonds is 2. The Hall–Kier alpha value is -2.93. The van der Waals surface area contributed by atoms with Gasteiger partial charge in [-0.1, -0.05) is 12.1 Å². The fourth-order valence-corrected chi connectivity index (χ4v) is 5.45. The van der Waals surface area contributed by atoms with Crippen LogP contribution in [0, 0.1) is 0 Å². The zero-order valence-corrected chi connectivity index (χ0v) is 16.9. The summed E-state index contributed by atoms with van der Waals surface area (Å²) in [4.78, 5) is 16.8. The van der Waals surface area contributed by atoms with Crippen LogP contribution in [0.4, 0.5) is 0 Å². The molecule has 0 saturated heterocycles. The molecule has 0 saturated carbocycles. The molecule has 0 spiro atoms. The molecule has 2 heterocycles. The van der Waals surface area contributed by atoms with E-state index >= 15 is 0 Å². The SMILES string of the molecule is COc1ccc2c(cnc3cc(C4=CC(=O)N(C(C)(C)C)S4(=O)=O)ccc32)c1. The molecule has 28 heavy (non-hydrogen) atoms. The second-order valence-corrected chi connectivity index (χ2v) is 9.49. The first-order valence-electron chi connectivity index (χ1n) is 8.81. The molecule has 1 aromatic heterocycles. The summed E-state index contributed by atoms with van der Waals surface area (Å²) < 4.78 is 32.1. The van der Waals surface area contributed by atoms with Gasteiger partial charge in [-0.25, -0.2) is 12.7 Å². The molecule has 0 bridgehead atoms. The van der Waals surface area contributed by atoms with Gasteiger partial charge in [-0.2, -0.15) is 0 Å². The van der Waals surface area contributed by atoms with Gasteiger partial charge in [-0.15, -0.1) is 0 Å². The molecule has 0 atom stereocenters. The number of carbonyl (C=O) groups is 1. The third kappa shape index (κ3) is 2.74. The van der Waals surface area contributed by atoms with Crippen LogP contribution in [0.1, 0.15) is 26.3 Å². The molecule has 0 fully saturated rings. The monoisotopic (exact) mass is 396 g/mol.